The highest BCUT2D eigenvalue weighted by atomic mass is 19.2. The van der Waals surface area contributed by atoms with Crippen LogP contribution in [0.3, 0.4) is 0 Å². The molecule has 0 saturated carbocycles. The van der Waals surface area contributed by atoms with Crippen LogP contribution in [0.1, 0.15) is 10.4 Å². The highest BCUT2D eigenvalue weighted by molar-refractivity contribution is 5.94. The Morgan fingerprint density at radius 2 is 1.87 bits per heavy atom. The van der Waals surface area contributed by atoms with Crippen LogP contribution in [0.4, 0.5) is 13.2 Å². The minimum atomic E-state index is -1.35. The monoisotopic (exact) mass is 332 g/mol. The molecule has 1 aromatic carbocycles. The van der Waals surface area contributed by atoms with E-state index in [0.29, 0.717) is 45.0 Å². The van der Waals surface area contributed by atoms with E-state index in [2.05, 4.69) is 0 Å². The van der Waals surface area contributed by atoms with Crippen LogP contribution < -0.4 is 0 Å². The number of ether oxygens (including phenoxy) is 1. The van der Waals surface area contributed by atoms with E-state index in [4.69, 9.17) is 4.74 Å². The molecule has 1 aliphatic heterocycles. The lowest BCUT2D eigenvalue weighted by Gasteiger charge is -2.30. The third-order valence-electron chi connectivity index (χ3n) is 3.64. The summed E-state index contributed by atoms with van der Waals surface area (Å²) >= 11 is 0. The first-order valence-electron chi connectivity index (χ1n) is 7.26. The van der Waals surface area contributed by atoms with E-state index in [0.717, 1.165) is 4.90 Å². The number of rotatable bonds is 5. The van der Waals surface area contributed by atoms with E-state index in [9.17, 15) is 23.1 Å². The molecule has 0 spiro atoms. The summed E-state index contributed by atoms with van der Waals surface area (Å²) in [6, 6.07) is 0.860. The van der Waals surface area contributed by atoms with Crippen LogP contribution in [-0.2, 0) is 4.74 Å². The highest BCUT2D eigenvalue weighted by Gasteiger charge is 2.22. The Labute approximate surface area is 132 Å². The Kier molecular flexibility index (Phi) is 5.97. The number of morpholine rings is 1. The lowest BCUT2D eigenvalue weighted by molar-refractivity contribution is 0.00874. The van der Waals surface area contributed by atoms with Gasteiger partial charge in [-0.1, -0.05) is 0 Å². The van der Waals surface area contributed by atoms with E-state index in [1.165, 1.54) is 7.05 Å². The number of likely N-dealkylation sites (N-methyl/N-ethyl adjacent to an activating group) is 1. The summed E-state index contributed by atoms with van der Waals surface area (Å²) < 4.78 is 44.9. The molecular weight excluding hydrogens is 313 g/mol. The van der Waals surface area contributed by atoms with Gasteiger partial charge in [-0.2, -0.15) is 0 Å². The van der Waals surface area contributed by atoms with Crippen molar-refractivity contribution in [1.29, 1.82) is 0 Å². The first-order chi connectivity index (χ1) is 10.9. The molecule has 0 bridgehead atoms. The number of amides is 1. The summed E-state index contributed by atoms with van der Waals surface area (Å²) in [7, 11) is 1.37. The number of hydrogen-bond donors (Lipinski definition) is 1. The third kappa shape index (κ3) is 4.66. The average Bonchev–Trinajstić information content (AvgIpc) is 2.51. The van der Waals surface area contributed by atoms with Gasteiger partial charge in [-0.3, -0.25) is 9.69 Å². The Hall–Kier alpha value is -1.64. The Morgan fingerprint density at radius 1 is 1.26 bits per heavy atom. The summed E-state index contributed by atoms with van der Waals surface area (Å²) in [6.45, 7) is 2.85. The van der Waals surface area contributed by atoms with Gasteiger partial charge in [0.05, 0.1) is 24.9 Å². The summed E-state index contributed by atoms with van der Waals surface area (Å²) in [5.41, 5.74) is -0.565. The van der Waals surface area contributed by atoms with Gasteiger partial charge in [0.1, 0.15) is 5.82 Å². The zero-order valence-electron chi connectivity index (χ0n) is 12.8. The van der Waals surface area contributed by atoms with Crippen LogP contribution in [0.25, 0.3) is 0 Å². The Morgan fingerprint density at radius 3 is 2.52 bits per heavy atom. The fourth-order valence-corrected chi connectivity index (χ4v) is 2.43. The first kappa shape index (κ1) is 17.7. The van der Waals surface area contributed by atoms with E-state index < -0.39 is 35.0 Å². The number of aliphatic hydroxyl groups is 1. The van der Waals surface area contributed by atoms with E-state index in [1.54, 1.807) is 0 Å². The number of halogens is 3. The highest BCUT2D eigenvalue weighted by Crippen LogP contribution is 2.15. The molecule has 128 valence electrons. The second-order valence-electron chi connectivity index (χ2n) is 5.50. The molecule has 0 aliphatic carbocycles. The van der Waals surface area contributed by atoms with Gasteiger partial charge in [0.25, 0.3) is 5.91 Å². The number of β-amino-alcohol motifs (C(OH)–C–C–N with tert-alkyl or cyclic N) is 1. The van der Waals surface area contributed by atoms with Gasteiger partial charge < -0.3 is 14.7 Å². The summed E-state index contributed by atoms with van der Waals surface area (Å²) in [5, 5.41) is 10.0. The van der Waals surface area contributed by atoms with E-state index in [1.807, 2.05) is 4.90 Å². The molecule has 8 heteroatoms. The fourth-order valence-electron chi connectivity index (χ4n) is 2.43. The number of aliphatic hydroxyl groups excluding tert-OH is 1. The van der Waals surface area contributed by atoms with Gasteiger partial charge in [-0.05, 0) is 6.07 Å². The molecule has 1 fully saturated rings. The van der Waals surface area contributed by atoms with Crippen LogP contribution >= 0.6 is 0 Å². The van der Waals surface area contributed by atoms with Crippen molar-refractivity contribution < 1.29 is 27.8 Å². The SMILES string of the molecule is CN(CC(O)CN1CCOCC1)C(=O)c1cc(F)c(F)cc1F. The molecule has 0 aromatic heterocycles. The maximum absolute atomic E-state index is 13.6. The molecule has 1 aromatic rings. The topological polar surface area (TPSA) is 53.0 Å². The molecule has 5 nitrogen and oxygen atoms in total. The first-order valence-corrected chi connectivity index (χ1v) is 7.26. The van der Waals surface area contributed by atoms with Crippen LogP contribution in [0.15, 0.2) is 12.1 Å². The molecule has 1 heterocycles. The van der Waals surface area contributed by atoms with Gasteiger partial charge in [0.2, 0.25) is 0 Å². The summed E-state index contributed by atoms with van der Waals surface area (Å²) in [4.78, 5) is 15.2. The van der Waals surface area contributed by atoms with Crippen molar-refractivity contribution in [2.24, 2.45) is 0 Å². The van der Waals surface area contributed by atoms with Crippen LogP contribution in [-0.4, -0.2) is 73.4 Å². The summed E-state index contributed by atoms with van der Waals surface area (Å²) in [6.07, 6.45) is -0.838. The van der Waals surface area contributed by atoms with Crippen LogP contribution in [0, 0.1) is 17.5 Å². The predicted molar refractivity (Wildman–Crippen MR) is 76.5 cm³/mol. The number of hydrogen-bond acceptors (Lipinski definition) is 4. The van der Waals surface area contributed by atoms with Crippen molar-refractivity contribution in [2.45, 2.75) is 6.10 Å². The van der Waals surface area contributed by atoms with E-state index >= 15 is 0 Å². The molecule has 1 N–H and O–H groups in total. The number of carbonyl (C=O) groups excluding carboxylic acids is 1. The maximum atomic E-state index is 13.6. The molecule has 1 atom stereocenters. The second-order valence-corrected chi connectivity index (χ2v) is 5.50. The standard InChI is InChI=1S/C15H19F3N2O3/c1-19(8-10(21)9-20-2-4-23-5-3-20)15(22)11-6-13(17)14(18)7-12(11)16/h6-7,10,21H,2-5,8-9H2,1H3. The van der Waals surface area contributed by atoms with Crippen molar-refractivity contribution in [1.82, 2.24) is 9.80 Å². The molecule has 23 heavy (non-hydrogen) atoms. The van der Waals surface area contributed by atoms with Crippen LogP contribution in [0.5, 0.6) is 0 Å². The molecule has 0 radical (unpaired) electrons. The molecule has 1 aliphatic rings. The molecule has 1 saturated heterocycles. The minimum absolute atomic E-state index is 0.0470. The molecule has 1 unspecified atom stereocenters. The third-order valence-corrected chi connectivity index (χ3v) is 3.64. The van der Waals surface area contributed by atoms with Gasteiger partial charge in [0.15, 0.2) is 11.6 Å². The average molecular weight is 332 g/mol. The molecule has 1 amide bonds. The van der Waals surface area contributed by atoms with Gasteiger partial charge >= 0.3 is 0 Å². The fraction of sp³-hybridized carbons (Fsp3) is 0.533. The quantitative estimate of drug-likeness (QED) is 0.813. The van der Waals surface area contributed by atoms with Gasteiger partial charge in [0, 0.05) is 39.3 Å². The number of benzene rings is 1. The minimum Gasteiger partial charge on any atom is -0.390 e. The lowest BCUT2D eigenvalue weighted by atomic mass is 10.1. The Balaban J connectivity index is 1.95. The van der Waals surface area contributed by atoms with Crippen LogP contribution in [0.2, 0.25) is 0 Å². The molecular formula is C15H19F3N2O3. The Bertz CT molecular complexity index is 565. The van der Waals surface area contributed by atoms with Gasteiger partial charge in [-0.25, -0.2) is 13.2 Å². The number of carbonyl (C=O) groups is 1. The summed E-state index contributed by atoms with van der Waals surface area (Å²) in [5.74, 6) is -4.60. The van der Waals surface area contributed by atoms with Crippen molar-refractivity contribution >= 4 is 5.91 Å². The van der Waals surface area contributed by atoms with Crippen molar-refractivity contribution in [2.75, 3.05) is 46.4 Å². The normalized spacial score (nSPS) is 17.1. The molecule has 2 rings (SSSR count). The second kappa shape index (κ2) is 7.76. The van der Waals surface area contributed by atoms with Crippen molar-refractivity contribution in [3.05, 3.63) is 35.1 Å². The zero-order valence-corrected chi connectivity index (χ0v) is 12.8. The largest absolute Gasteiger partial charge is 0.390 e. The zero-order chi connectivity index (χ0) is 17.0. The van der Waals surface area contributed by atoms with Crippen molar-refractivity contribution in [3.8, 4) is 0 Å². The maximum Gasteiger partial charge on any atom is 0.256 e. The number of nitrogens with zero attached hydrogens (tertiary/aromatic N) is 2. The predicted octanol–water partition coefficient (Wildman–Crippen LogP) is 0.869. The van der Waals surface area contributed by atoms with E-state index in [-0.39, 0.29) is 6.54 Å². The van der Waals surface area contributed by atoms with Gasteiger partial charge in [-0.15, -0.1) is 0 Å². The van der Waals surface area contributed by atoms with Crippen molar-refractivity contribution in [3.63, 3.8) is 0 Å². The lowest BCUT2D eigenvalue weighted by Crippen LogP contribution is -2.45. The smallest absolute Gasteiger partial charge is 0.256 e.